The Hall–Kier alpha value is -1.20. The Kier molecular flexibility index (Phi) is 4.60. The van der Waals surface area contributed by atoms with Crippen LogP contribution >= 0.6 is 46.4 Å². The van der Waals surface area contributed by atoms with Gasteiger partial charge in [0.2, 0.25) is 0 Å². The molecular formula is C12H7Cl4N3O. The van der Waals surface area contributed by atoms with Gasteiger partial charge in [0.1, 0.15) is 5.15 Å². The summed E-state index contributed by atoms with van der Waals surface area (Å²) in [6.45, 7) is 0. The number of rotatable bonds is 2. The number of hydrogen-bond acceptors (Lipinski definition) is 3. The fourth-order valence-corrected chi connectivity index (χ4v) is 2.20. The van der Waals surface area contributed by atoms with Gasteiger partial charge in [-0.3, -0.25) is 4.79 Å². The number of nitrogens with two attached hydrogens (primary N) is 1. The average molecular weight is 351 g/mol. The van der Waals surface area contributed by atoms with Crippen molar-refractivity contribution in [1.82, 2.24) is 4.98 Å². The lowest BCUT2D eigenvalue weighted by atomic mass is 10.2. The zero-order chi connectivity index (χ0) is 14.9. The van der Waals surface area contributed by atoms with Gasteiger partial charge in [0.15, 0.2) is 0 Å². The second-order valence-corrected chi connectivity index (χ2v) is 5.40. The van der Waals surface area contributed by atoms with Gasteiger partial charge in [-0.15, -0.1) is 0 Å². The van der Waals surface area contributed by atoms with Crippen LogP contribution in [0.15, 0.2) is 24.4 Å². The summed E-state index contributed by atoms with van der Waals surface area (Å²) in [5.41, 5.74) is 6.38. The average Bonchev–Trinajstić information content (AvgIpc) is 2.38. The predicted octanol–water partition coefficient (Wildman–Crippen LogP) is 4.53. The van der Waals surface area contributed by atoms with Crippen molar-refractivity contribution in [2.75, 3.05) is 11.1 Å². The van der Waals surface area contributed by atoms with Crippen LogP contribution in [-0.4, -0.2) is 10.9 Å². The maximum Gasteiger partial charge on any atom is 0.257 e. The number of carbonyl (C=O) groups excluding carboxylic acids is 1. The fraction of sp³-hybridized carbons (Fsp3) is 0. The summed E-state index contributed by atoms with van der Waals surface area (Å²) in [5.74, 6) is -0.480. The first-order chi connectivity index (χ1) is 9.38. The predicted molar refractivity (Wildman–Crippen MR) is 83.1 cm³/mol. The van der Waals surface area contributed by atoms with E-state index in [-0.39, 0.29) is 26.4 Å². The topological polar surface area (TPSA) is 68.0 Å². The summed E-state index contributed by atoms with van der Waals surface area (Å²) < 4.78 is 0. The highest BCUT2D eigenvalue weighted by Crippen LogP contribution is 2.32. The van der Waals surface area contributed by atoms with Crippen LogP contribution in [0, 0.1) is 0 Å². The molecule has 0 aliphatic carbocycles. The molecule has 2 aromatic rings. The molecule has 0 fully saturated rings. The van der Waals surface area contributed by atoms with Gasteiger partial charge in [-0.05, 0) is 18.2 Å². The zero-order valence-corrected chi connectivity index (χ0v) is 12.8. The minimum atomic E-state index is -0.480. The van der Waals surface area contributed by atoms with Crippen molar-refractivity contribution in [3.05, 3.63) is 50.2 Å². The van der Waals surface area contributed by atoms with Gasteiger partial charge >= 0.3 is 0 Å². The third kappa shape index (κ3) is 3.27. The molecule has 0 atom stereocenters. The molecule has 0 saturated heterocycles. The number of hydrogen-bond donors (Lipinski definition) is 2. The number of aromatic nitrogens is 1. The molecule has 8 heteroatoms. The largest absolute Gasteiger partial charge is 0.397 e. The van der Waals surface area contributed by atoms with Gasteiger partial charge < -0.3 is 11.1 Å². The Bertz CT molecular complexity index is 691. The SMILES string of the molecule is Nc1cnc(Cl)cc1C(=O)Nc1cc(Cl)c(Cl)cc1Cl. The van der Waals surface area contributed by atoms with E-state index in [9.17, 15) is 4.79 Å². The Morgan fingerprint density at radius 1 is 1.05 bits per heavy atom. The molecule has 3 N–H and O–H groups in total. The molecule has 2 rings (SSSR count). The number of nitrogens with one attached hydrogen (secondary N) is 1. The van der Waals surface area contributed by atoms with E-state index in [2.05, 4.69) is 10.3 Å². The van der Waals surface area contributed by atoms with E-state index in [0.717, 1.165) is 0 Å². The lowest BCUT2D eigenvalue weighted by Crippen LogP contribution is -2.14. The summed E-state index contributed by atoms with van der Waals surface area (Å²) in [6, 6.07) is 4.24. The highest BCUT2D eigenvalue weighted by molar-refractivity contribution is 6.44. The van der Waals surface area contributed by atoms with Gasteiger partial charge in [0.05, 0.1) is 38.2 Å². The molecule has 0 aliphatic rings. The first-order valence-electron chi connectivity index (χ1n) is 5.25. The summed E-state index contributed by atoms with van der Waals surface area (Å²) in [4.78, 5) is 15.9. The van der Waals surface area contributed by atoms with Crippen LogP contribution in [0.25, 0.3) is 0 Å². The van der Waals surface area contributed by atoms with E-state index in [1.807, 2.05) is 0 Å². The lowest BCUT2D eigenvalue weighted by molar-refractivity contribution is 0.102. The fourth-order valence-electron chi connectivity index (χ4n) is 1.45. The van der Waals surface area contributed by atoms with E-state index in [1.165, 1.54) is 24.4 Å². The van der Waals surface area contributed by atoms with Crippen molar-refractivity contribution in [1.29, 1.82) is 0 Å². The van der Waals surface area contributed by atoms with Crippen molar-refractivity contribution >= 4 is 63.7 Å². The molecule has 1 heterocycles. The molecule has 0 spiro atoms. The monoisotopic (exact) mass is 349 g/mol. The standard InChI is InChI=1S/C12H7Cl4N3O/c13-6-2-8(15)10(3-7(6)14)19-12(20)5-1-11(16)18-4-9(5)17/h1-4H,17H2,(H,19,20). The van der Waals surface area contributed by atoms with Gasteiger partial charge in [-0.25, -0.2) is 4.98 Å². The van der Waals surface area contributed by atoms with Gasteiger partial charge in [-0.1, -0.05) is 46.4 Å². The van der Waals surface area contributed by atoms with Crippen molar-refractivity contribution in [2.24, 2.45) is 0 Å². The Morgan fingerprint density at radius 2 is 1.70 bits per heavy atom. The zero-order valence-electron chi connectivity index (χ0n) is 9.75. The van der Waals surface area contributed by atoms with E-state index in [0.29, 0.717) is 10.7 Å². The van der Waals surface area contributed by atoms with Crippen molar-refractivity contribution in [3.63, 3.8) is 0 Å². The van der Waals surface area contributed by atoms with Crippen molar-refractivity contribution in [3.8, 4) is 0 Å². The molecule has 1 aromatic carbocycles. The quantitative estimate of drug-likeness (QED) is 0.617. The van der Waals surface area contributed by atoms with Crippen LogP contribution in [0.2, 0.25) is 20.2 Å². The summed E-state index contributed by atoms with van der Waals surface area (Å²) in [7, 11) is 0. The molecule has 104 valence electrons. The molecule has 1 aromatic heterocycles. The highest BCUT2D eigenvalue weighted by atomic mass is 35.5. The third-order valence-electron chi connectivity index (χ3n) is 2.40. The maximum absolute atomic E-state index is 12.1. The number of anilines is 2. The van der Waals surface area contributed by atoms with Gasteiger partial charge in [0.25, 0.3) is 5.91 Å². The van der Waals surface area contributed by atoms with Crippen LogP contribution in [0.3, 0.4) is 0 Å². The Labute approximate surface area is 134 Å². The molecule has 0 radical (unpaired) electrons. The molecule has 0 aliphatic heterocycles. The minimum Gasteiger partial charge on any atom is -0.397 e. The molecule has 0 unspecified atom stereocenters. The molecule has 0 bridgehead atoms. The number of carbonyl (C=O) groups is 1. The smallest absolute Gasteiger partial charge is 0.257 e. The summed E-state index contributed by atoms with van der Waals surface area (Å²) in [6.07, 6.45) is 1.30. The normalized spacial score (nSPS) is 10.4. The molecular weight excluding hydrogens is 344 g/mol. The lowest BCUT2D eigenvalue weighted by Gasteiger charge is -2.10. The third-order valence-corrected chi connectivity index (χ3v) is 3.65. The molecule has 20 heavy (non-hydrogen) atoms. The first-order valence-corrected chi connectivity index (χ1v) is 6.76. The number of amides is 1. The van der Waals surface area contributed by atoms with Crippen LogP contribution in [0.5, 0.6) is 0 Å². The summed E-state index contributed by atoms with van der Waals surface area (Å²) in [5, 5.41) is 3.56. The molecule has 4 nitrogen and oxygen atoms in total. The van der Waals surface area contributed by atoms with E-state index >= 15 is 0 Å². The number of nitrogens with zero attached hydrogens (tertiary/aromatic N) is 1. The van der Waals surface area contributed by atoms with Gasteiger partial charge in [0, 0.05) is 0 Å². The van der Waals surface area contributed by atoms with E-state index in [4.69, 9.17) is 52.1 Å². The van der Waals surface area contributed by atoms with E-state index in [1.54, 1.807) is 0 Å². The number of benzene rings is 1. The Morgan fingerprint density at radius 3 is 2.40 bits per heavy atom. The van der Waals surface area contributed by atoms with Gasteiger partial charge in [-0.2, -0.15) is 0 Å². The number of pyridine rings is 1. The number of halogens is 4. The van der Waals surface area contributed by atoms with Crippen molar-refractivity contribution in [2.45, 2.75) is 0 Å². The molecule has 0 saturated carbocycles. The number of nitrogen functional groups attached to an aromatic ring is 1. The summed E-state index contributed by atoms with van der Waals surface area (Å²) >= 11 is 23.4. The molecule has 1 amide bonds. The highest BCUT2D eigenvalue weighted by Gasteiger charge is 2.14. The maximum atomic E-state index is 12.1. The first kappa shape index (κ1) is 15.2. The van der Waals surface area contributed by atoms with E-state index < -0.39 is 5.91 Å². The van der Waals surface area contributed by atoms with Crippen LogP contribution in [-0.2, 0) is 0 Å². The second kappa shape index (κ2) is 6.06. The Balaban J connectivity index is 2.32. The van der Waals surface area contributed by atoms with Crippen LogP contribution in [0.4, 0.5) is 11.4 Å². The van der Waals surface area contributed by atoms with Crippen molar-refractivity contribution < 1.29 is 4.79 Å². The van der Waals surface area contributed by atoms with Crippen LogP contribution < -0.4 is 11.1 Å². The second-order valence-electron chi connectivity index (χ2n) is 3.79. The minimum absolute atomic E-state index is 0.157. The van der Waals surface area contributed by atoms with Crippen LogP contribution in [0.1, 0.15) is 10.4 Å².